The molecule has 3 atom stereocenters. The Bertz CT molecular complexity index is 1180. The van der Waals surface area contributed by atoms with Gasteiger partial charge in [0.25, 0.3) is 5.91 Å². The van der Waals surface area contributed by atoms with Gasteiger partial charge >= 0.3 is 0 Å². The molecule has 1 saturated heterocycles. The fourth-order valence-electron chi connectivity index (χ4n) is 4.85. The van der Waals surface area contributed by atoms with E-state index in [1.807, 2.05) is 19.1 Å². The predicted molar refractivity (Wildman–Crippen MR) is 131 cm³/mol. The second-order valence-corrected chi connectivity index (χ2v) is 11.0. The van der Waals surface area contributed by atoms with Gasteiger partial charge in [0.15, 0.2) is 0 Å². The normalized spacial score (nSPS) is 22.9. The lowest BCUT2D eigenvalue weighted by Gasteiger charge is -2.36. The summed E-state index contributed by atoms with van der Waals surface area (Å²) in [5.41, 5.74) is 2.85. The van der Waals surface area contributed by atoms with Crippen LogP contribution in [0, 0.1) is 5.92 Å². The van der Waals surface area contributed by atoms with Crippen LogP contribution < -0.4 is 10.6 Å². The van der Waals surface area contributed by atoms with E-state index in [0.29, 0.717) is 25.1 Å². The van der Waals surface area contributed by atoms with E-state index in [9.17, 15) is 18.0 Å². The molecule has 34 heavy (non-hydrogen) atoms. The molecule has 1 aliphatic heterocycles. The Labute approximate surface area is 201 Å². The number of hydrogen-bond donors (Lipinski definition) is 2. The molecule has 0 radical (unpaired) electrons. The summed E-state index contributed by atoms with van der Waals surface area (Å²) in [5.74, 6) is -0.493. The summed E-state index contributed by atoms with van der Waals surface area (Å²) >= 11 is 0. The van der Waals surface area contributed by atoms with Crippen LogP contribution in [-0.2, 0) is 21.2 Å². The molecule has 2 aromatic rings. The van der Waals surface area contributed by atoms with E-state index in [-0.39, 0.29) is 34.7 Å². The molecule has 180 valence electrons. The maximum atomic E-state index is 13.2. The number of benzene rings is 2. The molecule has 3 unspecified atom stereocenters. The first-order chi connectivity index (χ1) is 16.3. The molecule has 4 rings (SSSR count). The average Bonchev–Trinajstić information content (AvgIpc) is 2.85. The Balaban J connectivity index is 1.42. The number of amides is 2. The summed E-state index contributed by atoms with van der Waals surface area (Å²) in [7, 11) is -3.69. The summed E-state index contributed by atoms with van der Waals surface area (Å²) in [5, 5.41) is 5.97. The molecule has 0 spiro atoms. The summed E-state index contributed by atoms with van der Waals surface area (Å²) < 4.78 is 27.8. The second kappa shape index (κ2) is 10.1. The van der Waals surface area contributed by atoms with E-state index < -0.39 is 10.0 Å². The zero-order chi connectivity index (χ0) is 24.3. The lowest BCUT2D eigenvalue weighted by atomic mass is 9.87. The highest BCUT2D eigenvalue weighted by molar-refractivity contribution is 7.89. The molecular weight excluding hydrogens is 450 g/mol. The zero-order valence-electron chi connectivity index (χ0n) is 19.4. The number of aryl methyl sites for hydroxylation is 1. The minimum Gasteiger partial charge on any atom is -0.349 e. The van der Waals surface area contributed by atoms with Crippen LogP contribution in [0.25, 0.3) is 0 Å². The van der Waals surface area contributed by atoms with Crippen molar-refractivity contribution >= 4 is 21.8 Å². The van der Waals surface area contributed by atoms with E-state index in [2.05, 4.69) is 29.3 Å². The van der Waals surface area contributed by atoms with Crippen LogP contribution in [0.15, 0.2) is 66.1 Å². The molecule has 0 bridgehead atoms. The summed E-state index contributed by atoms with van der Waals surface area (Å²) in [4.78, 5) is 24.6. The van der Waals surface area contributed by atoms with Crippen molar-refractivity contribution in [2.75, 3.05) is 13.1 Å². The monoisotopic (exact) mass is 481 g/mol. The number of nitrogens with one attached hydrogen (secondary N) is 2. The lowest BCUT2D eigenvalue weighted by Crippen LogP contribution is -2.51. The van der Waals surface area contributed by atoms with Crippen LogP contribution in [0.2, 0.25) is 0 Å². The van der Waals surface area contributed by atoms with Gasteiger partial charge in [0.05, 0.1) is 10.9 Å². The number of carbonyl (C=O) groups is 2. The molecule has 7 nitrogen and oxygen atoms in total. The molecule has 8 heteroatoms. The number of carbonyl (C=O) groups excluding carboxylic acids is 2. The van der Waals surface area contributed by atoms with Crippen molar-refractivity contribution in [3.63, 3.8) is 0 Å². The first-order valence-electron chi connectivity index (χ1n) is 11.7. The van der Waals surface area contributed by atoms with Crippen molar-refractivity contribution in [2.45, 2.75) is 49.6 Å². The van der Waals surface area contributed by atoms with Crippen molar-refractivity contribution in [3.05, 3.63) is 77.9 Å². The molecule has 0 saturated carbocycles. The first kappa shape index (κ1) is 24.2. The molecule has 2 amide bonds. The molecule has 1 fully saturated rings. The number of sulfonamides is 1. The van der Waals surface area contributed by atoms with Crippen LogP contribution in [-0.4, -0.2) is 43.7 Å². The minimum atomic E-state index is -3.69. The van der Waals surface area contributed by atoms with Gasteiger partial charge in [-0.2, -0.15) is 4.31 Å². The first-order valence-corrected chi connectivity index (χ1v) is 13.2. The summed E-state index contributed by atoms with van der Waals surface area (Å²) in [6.45, 7) is 6.01. The maximum absolute atomic E-state index is 13.2. The van der Waals surface area contributed by atoms with Crippen molar-refractivity contribution in [2.24, 2.45) is 5.92 Å². The Morgan fingerprint density at radius 2 is 1.79 bits per heavy atom. The van der Waals surface area contributed by atoms with E-state index in [1.165, 1.54) is 28.1 Å². The fraction of sp³-hybridized carbons (Fsp3) is 0.385. The average molecular weight is 482 g/mol. The summed E-state index contributed by atoms with van der Waals surface area (Å²) in [6.07, 6.45) is 4.68. The van der Waals surface area contributed by atoms with Crippen molar-refractivity contribution in [1.29, 1.82) is 0 Å². The van der Waals surface area contributed by atoms with Gasteiger partial charge in [-0.3, -0.25) is 9.59 Å². The predicted octanol–water partition coefficient (Wildman–Crippen LogP) is 3.20. The Hall–Kier alpha value is -2.97. The van der Waals surface area contributed by atoms with Gasteiger partial charge < -0.3 is 10.6 Å². The van der Waals surface area contributed by atoms with Crippen molar-refractivity contribution in [3.8, 4) is 0 Å². The summed E-state index contributed by atoms with van der Waals surface area (Å²) in [6, 6.07) is 14.2. The van der Waals surface area contributed by atoms with Gasteiger partial charge in [-0.1, -0.05) is 37.8 Å². The van der Waals surface area contributed by atoms with Gasteiger partial charge in [-0.15, -0.1) is 0 Å². The number of hydrogen-bond acceptors (Lipinski definition) is 4. The molecule has 2 N–H and O–H groups in total. The highest BCUT2D eigenvalue weighted by Gasteiger charge is 2.34. The van der Waals surface area contributed by atoms with Crippen molar-refractivity contribution < 1.29 is 18.0 Å². The quantitative estimate of drug-likeness (QED) is 0.620. The third-order valence-electron chi connectivity index (χ3n) is 6.81. The maximum Gasteiger partial charge on any atom is 0.251 e. The highest BCUT2D eigenvalue weighted by Crippen LogP contribution is 2.30. The van der Waals surface area contributed by atoms with Crippen LogP contribution in [0.3, 0.4) is 0 Å². The van der Waals surface area contributed by atoms with Crippen molar-refractivity contribution in [1.82, 2.24) is 14.9 Å². The standard InChI is InChI=1S/C26H31N3O4S/c1-3-25(30)27-23-15-16-29(17-18(23)2)34(32,33)21-13-11-20(12-14-21)26(31)28-24-10-6-8-19-7-4-5-9-22(19)24/h3-5,7,9,11-14,18,23-24H,1,6,8,10,15-17H2,2H3,(H,27,30)(H,28,31). The number of piperidine rings is 1. The molecule has 2 aromatic carbocycles. The topological polar surface area (TPSA) is 95.6 Å². The largest absolute Gasteiger partial charge is 0.349 e. The Morgan fingerprint density at radius 3 is 2.50 bits per heavy atom. The number of rotatable bonds is 6. The number of fused-ring (bicyclic) bond motifs is 1. The molecular formula is C26H31N3O4S. The van der Waals surface area contributed by atoms with Gasteiger partial charge in [0.1, 0.15) is 0 Å². The van der Waals surface area contributed by atoms with Gasteiger partial charge in [-0.25, -0.2) is 8.42 Å². The molecule has 2 aliphatic rings. The van der Waals surface area contributed by atoms with E-state index in [1.54, 1.807) is 12.1 Å². The third-order valence-corrected chi connectivity index (χ3v) is 8.69. The number of nitrogens with zero attached hydrogens (tertiary/aromatic N) is 1. The molecule has 1 heterocycles. The van der Waals surface area contributed by atoms with Crippen LogP contribution in [0.1, 0.15) is 53.7 Å². The Morgan fingerprint density at radius 1 is 1.06 bits per heavy atom. The Kier molecular flexibility index (Phi) is 7.19. The smallest absolute Gasteiger partial charge is 0.251 e. The minimum absolute atomic E-state index is 0.0316. The molecule has 1 aliphatic carbocycles. The van der Waals surface area contributed by atoms with E-state index >= 15 is 0 Å². The lowest BCUT2D eigenvalue weighted by molar-refractivity contribution is -0.117. The SMILES string of the molecule is C=CC(=O)NC1CCN(S(=O)(=O)c2ccc(C(=O)NC3CCCc4ccccc43)cc2)CC1C. The van der Waals surface area contributed by atoms with Crippen LogP contribution >= 0.6 is 0 Å². The van der Waals surface area contributed by atoms with E-state index in [4.69, 9.17) is 0 Å². The van der Waals surface area contributed by atoms with Crippen LogP contribution in [0.5, 0.6) is 0 Å². The molecule has 0 aromatic heterocycles. The zero-order valence-corrected chi connectivity index (χ0v) is 20.2. The van der Waals surface area contributed by atoms with Gasteiger partial charge in [0, 0.05) is 24.7 Å². The van der Waals surface area contributed by atoms with E-state index in [0.717, 1.165) is 24.8 Å². The second-order valence-electron chi connectivity index (χ2n) is 9.09. The fourth-order valence-corrected chi connectivity index (χ4v) is 6.41. The highest BCUT2D eigenvalue weighted by atomic mass is 32.2. The van der Waals surface area contributed by atoms with Crippen LogP contribution in [0.4, 0.5) is 0 Å². The van der Waals surface area contributed by atoms with Gasteiger partial charge in [-0.05, 0) is 73.1 Å². The van der Waals surface area contributed by atoms with Gasteiger partial charge in [0.2, 0.25) is 15.9 Å². The third kappa shape index (κ3) is 5.08.